The first-order valence-corrected chi connectivity index (χ1v) is 30.2. The fourth-order valence-electron chi connectivity index (χ4n) is 11.8. The Morgan fingerprint density at radius 2 is 0.815 bits per heavy atom. The minimum Gasteiger partial charge on any atom is -0.507 e. The number of hydrogen-bond acceptors (Lipinski definition) is 14. The van der Waals surface area contributed by atoms with Crippen LogP contribution in [0.1, 0.15) is 107 Å². The zero-order valence-electron chi connectivity index (χ0n) is 46.9. The molecule has 12 rings (SSSR count). The van der Waals surface area contributed by atoms with E-state index in [0.717, 1.165) is 97.6 Å². The quantitative estimate of drug-likeness (QED) is 0.122. The molecule has 6 aliphatic rings. The van der Waals surface area contributed by atoms with Gasteiger partial charge in [0.25, 0.3) is 11.8 Å². The highest BCUT2D eigenvalue weighted by Gasteiger charge is 2.41. The van der Waals surface area contributed by atoms with Crippen molar-refractivity contribution < 1.29 is 41.3 Å². The molecule has 3 aromatic heterocycles. The summed E-state index contributed by atoms with van der Waals surface area (Å²) < 4.78 is 81.3. The molecule has 3 aromatic carbocycles. The van der Waals surface area contributed by atoms with Crippen LogP contribution in [-0.4, -0.2) is 127 Å². The number of aromatic nitrogens is 6. The lowest BCUT2D eigenvalue weighted by molar-refractivity contribution is -0.0222. The van der Waals surface area contributed by atoms with Crippen LogP contribution >= 0.6 is 0 Å². The van der Waals surface area contributed by atoms with E-state index in [-0.39, 0.29) is 43.1 Å². The van der Waals surface area contributed by atoms with Crippen LogP contribution in [0.25, 0.3) is 34.2 Å². The molecule has 432 valence electrons. The molecule has 3 aliphatic heterocycles. The van der Waals surface area contributed by atoms with E-state index in [1.165, 1.54) is 5.56 Å². The first-order valence-electron chi connectivity index (χ1n) is 28.7. The van der Waals surface area contributed by atoms with Gasteiger partial charge in [-0.1, -0.05) is 57.2 Å². The zero-order chi connectivity index (χ0) is 57.4. The van der Waals surface area contributed by atoms with E-state index in [9.17, 15) is 41.3 Å². The predicted octanol–water partition coefficient (Wildman–Crippen LogP) is 10.9. The van der Waals surface area contributed by atoms with E-state index >= 15 is 0 Å². The standard InChI is InChI=1S/C22H30N4O3S.C20H23F2N3O.C19H21F2N3O/c1-15(2)30(28,29)26-12-10-25(11-13-26)22-17-9-8-16(3)14-19(17)23-21(24-22)18-6-4-5-7-20(18)27;1-13-6-7-14-16(12-13)23-18(15-4-2-3-5-17(15)26)24-19(14)25-10-8-20(21,22)9-11-25;1-12-6-7-13-15(10-12)22-17(14-4-2-3-5-16(14)25)23-18(13)24-9-8-19(20,21)11-24/h4-7,15-16,27H,8-14H2,1-3H3;2-5,13,26H,6-12H2,1H3;2-5,12,25H,6-11H2,1H3/t16-;13-;12-/m111/s1. The molecule has 3 aliphatic carbocycles. The molecule has 3 saturated heterocycles. The molecule has 3 atom stereocenters. The SMILES string of the molecule is CC(C)S(=O)(=O)N1CCN(c2nc(-c3ccccc3O)nc3c2CC[C@@H](C)C3)CC1.C[C@@H]1CCc2c(nc(-c3ccccc3O)nc2N2CCC(F)(F)C2)C1.C[C@@H]1CCc2c(nc(-c3ccccc3O)nc2N2CCC(F)(F)CC2)C1. The Bertz CT molecular complexity index is 3350. The Kier molecular flexibility index (Phi) is 16.8. The number of anilines is 3. The van der Waals surface area contributed by atoms with Gasteiger partial charge in [0.1, 0.15) is 34.7 Å². The summed E-state index contributed by atoms with van der Waals surface area (Å²) >= 11 is 0. The highest BCUT2D eigenvalue weighted by molar-refractivity contribution is 7.89. The monoisotopic (exact) mass is 1130 g/mol. The Labute approximate surface area is 472 Å². The fraction of sp³-hybridized carbons (Fsp3) is 0.508. The number of sulfonamides is 1. The van der Waals surface area contributed by atoms with Gasteiger partial charge in [0.05, 0.1) is 45.6 Å². The maximum atomic E-state index is 13.7. The van der Waals surface area contributed by atoms with Crippen LogP contribution in [0.3, 0.4) is 0 Å². The van der Waals surface area contributed by atoms with Crippen LogP contribution in [0, 0.1) is 17.8 Å². The molecule has 81 heavy (non-hydrogen) atoms. The van der Waals surface area contributed by atoms with E-state index in [0.29, 0.717) is 104 Å². The summed E-state index contributed by atoms with van der Waals surface area (Å²) in [5, 5.41) is 30.3. The van der Waals surface area contributed by atoms with Crippen LogP contribution in [0.5, 0.6) is 17.2 Å². The molecule has 15 nitrogen and oxygen atoms in total. The maximum Gasteiger partial charge on any atom is 0.266 e. The summed E-state index contributed by atoms with van der Waals surface area (Å²) in [7, 11) is -3.25. The van der Waals surface area contributed by atoms with Crippen molar-refractivity contribution in [1.29, 1.82) is 0 Å². The van der Waals surface area contributed by atoms with Gasteiger partial charge in [-0.15, -0.1) is 0 Å². The second-order valence-corrected chi connectivity index (χ2v) is 25.8. The third-order valence-corrected chi connectivity index (χ3v) is 19.0. The number of piperidine rings is 1. The van der Waals surface area contributed by atoms with Crippen molar-refractivity contribution in [2.24, 2.45) is 17.8 Å². The summed E-state index contributed by atoms with van der Waals surface area (Å²) in [6, 6.07) is 21.0. The molecule has 0 unspecified atom stereocenters. The normalized spacial score (nSPS) is 21.5. The molecule has 0 radical (unpaired) electrons. The van der Waals surface area contributed by atoms with Gasteiger partial charge >= 0.3 is 0 Å². The molecule has 6 aromatic rings. The fourth-order valence-corrected chi connectivity index (χ4v) is 13.1. The van der Waals surface area contributed by atoms with Crippen LogP contribution < -0.4 is 14.7 Å². The Balaban J connectivity index is 0.000000137. The first-order chi connectivity index (χ1) is 38.6. The summed E-state index contributed by atoms with van der Waals surface area (Å²) in [6.07, 6.45) is 7.93. The second kappa shape index (κ2) is 23.7. The summed E-state index contributed by atoms with van der Waals surface area (Å²) in [4.78, 5) is 34.3. The van der Waals surface area contributed by atoms with Crippen LogP contribution in [0.15, 0.2) is 72.8 Å². The lowest BCUT2D eigenvalue weighted by atomic mass is 9.87. The topological polar surface area (TPSA) is 185 Å². The third kappa shape index (κ3) is 12.9. The van der Waals surface area contributed by atoms with E-state index < -0.39 is 27.1 Å². The number of phenols is 3. The molecular weight excluding hydrogens is 1060 g/mol. The van der Waals surface area contributed by atoms with Crippen LogP contribution in [-0.2, 0) is 48.5 Å². The highest BCUT2D eigenvalue weighted by atomic mass is 32.2. The first kappa shape index (κ1) is 57.6. The lowest BCUT2D eigenvalue weighted by Crippen LogP contribution is -2.51. The minimum absolute atomic E-state index is 0.101. The molecule has 0 bridgehead atoms. The van der Waals surface area contributed by atoms with Gasteiger partial charge in [0.2, 0.25) is 10.0 Å². The van der Waals surface area contributed by atoms with Crippen molar-refractivity contribution in [3.05, 3.63) is 107 Å². The number of phenolic OH excluding ortho intramolecular Hbond substituents is 3. The smallest absolute Gasteiger partial charge is 0.266 e. The average Bonchev–Trinajstić information content (AvgIpc) is 3.93. The second-order valence-electron chi connectivity index (χ2n) is 23.3. The van der Waals surface area contributed by atoms with Crippen LogP contribution in [0.2, 0.25) is 0 Å². The van der Waals surface area contributed by atoms with E-state index in [1.54, 1.807) is 71.6 Å². The number of benzene rings is 3. The summed E-state index contributed by atoms with van der Waals surface area (Å²) in [5.74, 6) is 0.457. The molecule has 0 spiro atoms. The largest absolute Gasteiger partial charge is 0.507 e. The number of alkyl halides is 4. The number of aromatic hydroxyl groups is 3. The van der Waals surface area contributed by atoms with Crippen molar-refractivity contribution >= 4 is 27.5 Å². The Hall–Kier alpha value is -6.67. The van der Waals surface area contributed by atoms with E-state index in [4.69, 9.17) is 19.9 Å². The number of para-hydroxylation sites is 3. The highest BCUT2D eigenvalue weighted by Crippen LogP contribution is 2.41. The Morgan fingerprint density at radius 1 is 0.481 bits per heavy atom. The molecule has 20 heteroatoms. The van der Waals surface area contributed by atoms with Gasteiger partial charge in [-0.05, 0) is 126 Å². The number of hydrogen-bond donors (Lipinski definition) is 3. The van der Waals surface area contributed by atoms with Gasteiger partial charge in [-0.3, -0.25) is 0 Å². The van der Waals surface area contributed by atoms with Gasteiger partial charge in [-0.25, -0.2) is 55.9 Å². The maximum absolute atomic E-state index is 13.7. The van der Waals surface area contributed by atoms with Crippen molar-refractivity contribution in [2.45, 2.75) is 129 Å². The van der Waals surface area contributed by atoms with Crippen molar-refractivity contribution in [3.8, 4) is 51.4 Å². The molecular formula is C61H74F4N10O5S. The third-order valence-electron chi connectivity index (χ3n) is 16.7. The molecule has 0 saturated carbocycles. The molecule has 3 N–H and O–H groups in total. The zero-order valence-corrected chi connectivity index (χ0v) is 47.7. The van der Waals surface area contributed by atoms with Crippen molar-refractivity contribution in [3.63, 3.8) is 0 Å². The molecule has 3 fully saturated rings. The lowest BCUT2D eigenvalue weighted by Gasteiger charge is -2.37. The van der Waals surface area contributed by atoms with Gasteiger partial charge < -0.3 is 30.0 Å². The number of rotatable bonds is 8. The summed E-state index contributed by atoms with van der Waals surface area (Å²) in [5.41, 5.74) is 7.97. The number of piperazine rings is 1. The van der Waals surface area contributed by atoms with Crippen molar-refractivity contribution in [2.75, 3.05) is 67.1 Å². The number of halogens is 4. The minimum atomic E-state index is -3.25. The average molecular weight is 1140 g/mol. The molecule has 0 amide bonds. The van der Waals surface area contributed by atoms with Gasteiger partial charge in [-0.2, -0.15) is 4.31 Å². The van der Waals surface area contributed by atoms with E-state index in [1.807, 2.05) is 29.2 Å². The van der Waals surface area contributed by atoms with Gasteiger partial charge in [0, 0.05) is 81.8 Å². The number of nitrogens with zero attached hydrogens (tertiary/aromatic N) is 10. The van der Waals surface area contributed by atoms with Crippen molar-refractivity contribution in [1.82, 2.24) is 34.2 Å². The van der Waals surface area contributed by atoms with E-state index in [2.05, 4.69) is 35.6 Å². The summed E-state index contributed by atoms with van der Waals surface area (Å²) in [6.45, 7) is 12.8. The number of fused-ring (bicyclic) bond motifs is 3. The Morgan fingerprint density at radius 3 is 1.16 bits per heavy atom. The van der Waals surface area contributed by atoms with Gasteiger partial charge in [0.15, 0.2) is 17.5 Å². The van der Waals surface area contributed by atoms with Crippen LogP contribution in [0.4, 0.5) is 35.0 Å². The molecule has 6 heterocycles. The predicted molar refractivity (Wildman–Crippen MR) is 307 cm³/mol.